The number of likely N-dealkylation sites (N-methyl/N-ethyl adjacent to an activating group) is 1. The molecule has 0 spiro atoms. The fourth-order valence-corrected chi connectivity index (χ4v) is 4.30. The van der Waals surface area contributed by atoms with Gasteiger partial charge in [-0.2, -0.15) is 22.7 Å². The summed E-state index contributed by atoms with van der Waals surface area (Å²) in [4.78, 5) is 36.4. The van der Waals surface area contributed by atoms with E-state index in [2.05, 4.69) is 20.5 Å². The molecule has 2 aromatic heterocycles. The Balaban J connectivity index is 0.000000723. The van der Waals surface area contributed by atoms with E-state index in [1.807, 2.05) is 0 Å². The number of hydrogen-bond acceptors (Lipinski definition) is 7. The molecule has 258 valence electrons. The van der Waals surface area contributed by atoms with Crippen molar-refractivity contribution in [3.05, 3.63) is 114 Å². The number of allylic oxidation sites excluding steroid dienone is 1. The molecule has 0 atom stereocenters. The second-order valence-electron chi connectivity index (χ2n) is 10.4. The Labute approximate surface area is 278 Å². The molecule has 4 aromatic rings. The van der Waals surface area contributed by atoms with E-state index in [1.165, 1.54) is 23.2 Å². The first-order chi connectivity index (χ1) is 23.2. The highest BCUT2D eigenvalue weighted by atomic mass is 19.4. The molecule has 15 heteroatoms. The third-order valence-electron chi connectivity index (χ3n) is 6.48. The lowest BCUT2D eigenvalue weighted by molar-refractivity contribution is -0.134. The maximum absolute atomic E-state index is 14.4. The first kappa shape index (κ1) is 37.6. The molecular formula is C34H33F4N5O6. The molecule has 4 rings (SSSR count). The molecule has 0 aliphatic heterocycles. The molecule has 4 N–H and O–H groups in total. The summed E-state index contributed by atoms with van der Waals surface area (Å²) < 4.78 is 61.6. The van der Waals surface area contributed by atoms with Crippen LogP contribution in [0.25, 0.3) is 22.0 Å². The zero-order chi connectivity index (χ0) is 36.0. The number of carbonyl (C=O) groups excluding carboxylic acids is 1. The van der Waals surface area contributed by atoms with Crippen molar-refractivity contribution in [2.75, 3.05) is 33.8 Å². The molecule has 0 saturated carbocycles. The van der Waals surface area contributed by atoms with Gasteiger partial charge in [-0.15, -0.1) is 0 Å². The van der Waals surface area contributed by atoms with Crippen LogP contribution in [0.3, 0.4) is 0 Å². The third kappa shape index (κ3) is 12.4. The molecule has 0 radical (unpaired) electrons. The van der Waals surface area contributed by atoms with Crippen molar-refractivity contribution in [2.24, 2.45) is 0 Å². The van der Waals surface area contributed by atoms with E-state index >= 15 is 0 Å². The number of aromatic nitrogens is 3. The maximum atomic E-state index is 14.4. The van der Waals surface area contributed by atoms with Gasteiger partial charge in [-0.1, -0.05) is 42.5 Å². The summed E-state index contributed by atoms with van der Waals surface area (Å²) in [6.07, 6.45) is 0.0475. The van der Waals surface area contributed by atoms with Gasteiger partial charge in [0.2, 0.25) is 17.7 Å². The molecule has 49 heavy (non-hydrogen) atoms. The number of fused-ring (bicyclic) bond motifs is 1. The Morgan fingerprint density at radius 2 is 1.61 bits per heavy atom. The van der Waals surface area contributed by atoms with Crippen LogP contribution in [0.15, 0.2) is 91.2 Å². The van der Waals surface area contributed by atoms with Gasteiger partial charge >= 0.3 is 18.1 Å². The van der Waals surface area contributed by atoms with Gasteiger partial charge in [0.1, 0.15) is 6.61 Å². The molecule has 2 heterocycles. The lowest BCUT2D eigenvalue weighted by atomic mass is 9.88. The molecule has 0 bridgehead atoms. The van der Waals surface area contributed by atoms with Crippen LogP contribution in [0.5, 0.6) is 5.88 Å². The summed E-state index contributed by atoms with van der Waals surface area (Å²) in [5.74, 6) is -3.00. The number of aliphatic carboxylic acids is 2. The van der Waals surface area contributed by atoms with Gasteiger partial charge < -0.3 is 25.2 Å². The number of ether oxygens (including phenoxy) is 1. The van der Waals surface area contributed by atoms with Crippen molar-refractivity contribution in [3.63, 3.8) is 0 Å². The zero-order valence-corrected chi connectivity index (χ0v) is 26.4. The number of alkyl halides is 3. The molecule has 0 aliphatic carbocycles. The van der Waals surface area contributed by atoms with E-state index in [0.29, 0.717) is 53.3 Å². The Morgan fingerprint density at radius 1 is 0.939 bits per heavy atom. The summed E-state index contributed by atoms with van der Waals surface area (Å²) >= 11 is 0. The van der Waals surface area contributed by atoms with Crippen molar-refractivity contribution in [3.8, 4) is 5.88 Å². The van der Waals surface area contributed by atoms with Crippen LogP contribution in [0.4, 0.5) is 17.6 Å². The second-order valence-corrected chi connectivity index (χ2v) is 10.4. The maximum Gasteiger partial charge on any atom is 0.393 e. The van der Waals surface area contributed by atoms with Crippen LogP contribution in [0.1, 0.15) is 23.1 Å². The molecular weight excluding hydrogens is 650 g/mol. The van der Waals surface area contributed by atoms with Gasteiger partial charge in [0.25, 0.3) is 0 Å². The Hall–Kier alpha value is -5.83. The predicted octanol–water partition coefficient (Wildman–Crippen LogP) is 5.33. The van der Waals surface area contributed by atoms with Gasteiger partial charge in [0.15, 0.2) is 0 Å². The number of benzene rings is 2. The summed E-state index contributed by atoms with van der Waals surface area (Å²) in [6, 6.07) is 16.2. The van der Waals surface area contributed by atoms with E-state index in [1.54, 1.807) is 74.8 Å². The number of hydrogen-bond donors (Lipinski definition) is 4. The van der Waals surface area contributed by atoms with Crippen LogP contribution < -0.4 is 10.1 Å². The summed E-state index contributed by atoms with van der Waals surface area (Å²) in [6.45, 7) is 1.24. The lowest BCUT2D eigenvalue weighted by Crippen LogP contribution is -2.22. The Kier molecular flexibility index (Phi) is 13.8. The zero-order valence-electron chi connectivity index (χ0n) is 26.4. The van der Waals surface area contributed by atoms with Crippen molar-refractivity contribution in [1.82, 2.24) is 25.4 Å². The number of carboxylic acid groups (broad SMARTS) is 2. The summed E-state index contributed by atoms with van der Waals surface area (Å²) in [5, 5.41) is 25.0. The largest absolute Gasteiger partial charge is 0.478 e. The molecule has 1 amide bonds. The van der Waals surface area contributed by atoms with E-state index in [9.17, 15) is 31.9 Å². The van der Waals surface area contributed by atoms with Crippen LogP contribution in [-0.4, -0.2) is 88.1 Å². The van der Waals surface area contributed by atoms with Crippen LogP contribution >= 0.6 is 0 Å². The van der Waals surface area contributed by atoms with Gasteiger partial charge in [-0.05, 0) is 40.5 Å². The highest BCUT2D eigenvalue weighted by molar-refractivity contribution is 6.00. The van der Waals surface area contributed by atoms with Gasteiger partial charge in [0.05, 0.1) is 17.3 Å². The standard InChI is InChI=1S/C30H29F4N5O2.C4H4O4/c1-39(2)27(40)9-6-14-35-15-16-41-26-13-11-22(19-36-26)28(21-10-12-25-23(17-21)29(31)38-37-25)24(18-30(32,33)34)20-7-4-3-5-8-20;5-3(6)1-2-4(7)8/h3-13,17,19,35H,14-16,18H2,1-2H3,(H,37,38);1-2H,(H,5,6)(H,7,8)/b9-6+,28-24-;2-1-. The normalized spacial score (nSPS) is 12.0. The monoisotopic (exact) mass is 683 g/mol. The lowest BCUT2D eigenvalue weighted by Gasteiger charge is -2.19. The molecule has 0 saturated heterocycles. The van der Waals surface area contributed by atoms with Crippen molar-refractivity contribution in [1.29, 1.82) is 0 Å². The van der Waals surface area contributed by atoms with Crippen molar-refractivity contribution in [2.45, 2.75) is 12.6 Å². The molecule has 0 fully saturated rings. The summed E-state index contributed by atoms with van der Waals surface area (Å²) in [5.41, 5.74) is 1.86. The van der Waals surface area contributed by atoms with Crippen molar-refractivity contribution < 1.29 is 46.9 Å². The van der Waals surface area contributed by atoms with E-state index in [4.69, 9.17) is 14.9 Å². The van der Waals surface area contributed by atoms with E-state index in [0.717, 1.165) is 0 Å². The quantitative estimate of drug-likeness (QED) is 0.0633. The smallest absolute Gasteiger partial charge is 0.393 e. The third-order valence-corrected chi connectivity index (χ3v) is 6.48. The number of carbonyl (C=O) groups is 3. The highest BCUT2D eigenvalue weighted by Gasteiger charge is 2.31. The first-order valence-corrected chi connectivity index (χ1v) is 14.6. The Morgan fingerprint density at radius 3 is 2.20 bits per heavy atom. The van der Waals surface area contributed by atoms with Crippen molar-refractivity contribution >= 4 is 39.9 Å². The Bertz CT molecular complexity index is 1800. The van der Waals surface area contributed by atoms with Crippen LogP contribution in [0, 0.1) is 5.95 Å². The van der Waals surface area contributed by atoms with E-state index in [-0.39, 0.29) is 29.0 Å². The second kappa shape index (κ2) is 17.9. The topological polar surface area (TPSA) is 158 Å². The highest BCUT2D eigenvalue weighted by Crippen LogP contribution is 2.40. The SMILES string of the molecule is CN(C)C(=O)/C=C/CNCCOc1ccc(/C(=C(/CC(F)(F)F)c2ccccc2)c2ccc3n[nH]c(F)c3c2)cn1.O=C(O)/C=C\C(=O)O. The van der Waals surface area contributed by atoms with Crippen LogP contribution in [-0.2, 0) is 14.4 Å². The average Bonchev–Trinajstić information content (AvgIpc) is 3.43. The van der Waals surface area contributed by atoms with Gasteiger partial charge in [0, 0.05) is 63.2 Å². The molecule has 0 aliphatic rings. The fourth-order valence-electron chi connectivity index (χ4n) is 4.30. The number of pyridine rings is 1. The summed E-state index contributed by atoms with van der Waals surface area (Å²) in [7, 11) is 3.34. The minimum absolute atomic E-state index is 0.0295. The number of amides is 1. The number of carboxylic acids is 2. The molecule has 11 nitrogen and oxygen atoms in total. The first-order valence-electron chi connectivity index (χ1n) is 14.6. The minimum Gasteiger partial charge on any atom is -0.478 e. The fraction of sp³-hybridized carbons (Fsp3) is 0.206. The molecule has 0 unspecified atom stereocenters. The predicted molar refractivity (Wildman–Crippen MR) is 174 cm³/mol. The number of rotatable bonds is 13. The minimum atomic E-state index is -4.50. The average molecular weight is 684 g/mol. The van der Waals surface area contributed by atoms with E-state index < -0.39 is 30.5 Å². The molecule has 2 aromatic carbocycles. The van der Waals surface area contributed by atoms with Gasteiger partial charge in [-0.3, -0.25) is 9.89 Å². The van der Waals surface area contributed by atoms with Gasteiger partial charge in [-0.25, -0.2) is 14.6 Å². The number of H-pyrrole nitrogens is 1. The van der Waals surface area contributed by atoms with Crippen LogP contribution in [0.2, 0.25) is 0 Å². The number of halogens is 4. The number of nitrogens with one attached hydrogen (secondary N) is 2. The number of nitrogens with zero attached hydrogens (tertiary/aromatic N) is 3. The number of aromatic amines is 1.